The van der Waals surface area contributed by atoms with E-state index in [1.54, 1.807) is 12.1 Å². The van der Waals surface area contributed by atoms with Gasteiger partial charge in [0.25, 0.3) is 0 Å². The summed E-state index contributed by atoms with van der Waals surface area (Å²) in [6.07, 6.45) is 1.76. The molecule has 0 aromatic heterocycles. The molecule has 0 unspecified atom stereocenters. The summed E-state index contributed by atoms with van der Waals surface area (Å²) in [6.45, 7) is 3.55. The summed E-state index contributed by atoms with van der Waals surface area (Å²) in [6, 6.07) is 4.77. The maximum atomic E-state index is 12.6. The van der Waals surface area contributed by atoms with Crippen molar-refractivity contribution in [2.45, 2.75) is 36.6 Å². The zero-order chi connectivity index (χ0) is 15.1. The summed E-state index contributed by atoms with van der Waals surface area (Å²) in [5.74, 6) is -0.0992. The molecule has 0 saturated carbocycles. The van der Waals surface area contributed by atoms with E-state index in [1.807, 2.05) is 6.92 Å². The van der Waals surface area contributed by atoms with E-state index in [1.165, 1.54) is 6.07 Å². The number of benzene rings is 1. The molecule has 2 aliphatic heterocycles. The van der Waals surface area contributed by atoms with E-state index < -0.39 is 15.6 Å². The second-order valence-electron chi connectivity index (χ2n) is 5.96. The van der Waals surface area contributed by atoms with Crippen LogP contribution in [0.3, 0.4) is 0 Å². The number of anilines is 1. The molecule has 3 rings (SSSR count). The summed E-state index contributed by atoms with van der Waals surface area (Å²) < 4.78 is 27.9. The molecule has 0 aliphatic carbocycles. The van der Waals surface area contributed by atoms with Crippen LogP contribution < -0.4 is 15.4 Å². The van der Waals surface area contributed by atoms with Crippen LogP contribution >= 0.6 is 0 Å². The summed E-state index contributed by atoms with van der Waals surface area (Å²) >= 11 is 0. The highest BCUT2D eigenvalue weighted by atomic mass is 32.2. The van der Waals surface area contributed by atoms with Crippen molar-refractivity contribution in [2.75, 3.05) is 18.4 Å². The number of piperidine rings is 1. The molecule has 114 valence electrons. The van der Waals surface area contributed by atoms with E-state index in [9.17, 15) is 13.2 Å². The Balaban J connectivity index is 1.85. The number of amides is 1. The van der Waals surface area contributed by atoms with Crippen LogP contribution in [-0.4, -0.2) is 33.0 Å². The Bertz CT molecular complexity index is 679. The topological polar surface area (TPSA) is 87.3 Å². The lowest BCUT2D eigenvalue weighted by Crippen LogP contribution is -2.52. The van der Waals surface area contributed by atoms with Gasteiger partial charge in [-0.25, -0.2) is 13.1 Å². The number of carbonyl (C=O) groups excluding carboxylic acids is 1. The molecule has 0 atom stereocenters. The highest BCUT2D eigenvalue weighted by molar-refractivity contribution is 7.89. The largest absolute Gasteiger partial charge is 0.326 e. The van der Waals surface area contributed by atoms with E-state index in [0.717, 1.165) is 31.5 Å². The summed E-state index contributed by atoms with van der Waals surface area (Å²) in [5, 5.41) is 5.93. The van der Waals surface area contributed by atoms with Gasteiger partial charge in [-0.05, 0) is 56.6 Å². The molecule has 1 aromatic carbocycles. The highest BCUT2D eigenvalue weighted by Crippen LogP contribution is 2.27. The van der Waals surface area contributed by atoms with Crippen molar-refractivity contribution < 1.29 is 13.2 Å². The molecule has 1 aromatic rings. The van der Waals surface area contributed by atoms with Crippen molar-refractivity contribution in [1.82, 2.24) is 10.0 Å². The maximum absolute atomic E-state index is 12.6. The molecule has 6 nitrogen and oxygen atoms in total. The maximum Gasteiger partial charge on any atom is 0.241 e. The van der Waals surface area contributed by atoms with Gasteiger partial charge in [0.2, 0.25) is 15.9 Å². The fourth-order valence-electron chi connectivity index (χ4n) is 2.84. The van der Waals surface area contributed by atoms with Gasteiger partial charge in [-0.2, -0.15) is 0 Å². The van der Waals surface area contributed by atoms with Crippen molar-refractivity contribution in [3.63, 3.8) is 0 Å². The SMILES string of the molecule is CC1(NS(=O)(=O)c2ccc3c(c2)CC(=O)N3)CCNCC1. The van der Waals surface area contributed by atoms with Gasteiger partial charge in [0.15, 0.2) is 0 Å². The number of rotatable bonds is 3. The molecule has 21 heavy (non-hydrogen) atoms. The van der Waals surface area contributed by atoms with Crippen molar-refractivity contribution in [3.05, 3.63) is 23.8 Å². The molecule has 7 heteroatoms. The summed E-state index contributed by atoms with van der Waals surface area (Å²) in [7, 11) is -3.57. The fraction of sp³-hybridized carbons (Fsp3) is 0.500. The van der Waals surface area contributed by atoms with Crippen LogP contribution in [0, 0.1) is 0 Å². The number of hydrogen-bond acceptors (Lipinski definition) is 4. The molecule has 1 saturated heterocycles. The lowest BCUT2D eigenvalue weighted by Gasteiger charge is -2.34. The Labute approximate surface area is 124 Å². The molecule has 0 bridgehead atoms. The lowest BCUT2D eigenvalue weighted by atomic mass is 9.92. The van der Waals surface area contributed by atoms with E-state index >= 15 is 0 Å². The number of fused-ring (bicyclic) bond motifs is 1. The Kier molecular flexibility index (Phi) is 3.51. The van der Waals surface area contributed by atoms with Crippen LogP contribution in [0.2, 0.25) is 0 Å². The first-order valence-electron chi connectivity index (χ1n) is 7.06. The monoisotopic (exact) mass is 309 g/mol. The minimum Gasteiger partial charge on any atom is -0.326 e. The zero-order valence-corrected chi connectivity index (χ0v) is 12.7. The predicted molar refractivity (Wildman–Crippen MR) is 79.6 cm³/mol. The molecular formula is C14H19N3O3S. The van der Waals surface area contributed by atoms with Crippen LogP contribution in [0.5, 0.6) is 0 Å². The number of sulfonamides is 1. The predicted octanol–water partition coefficient (Wildman–Crippen LogP) is 0.602. The van der Waals surface area contributed by atoms with Crippen molar-refractivity contribution in [3.8, 4) is 0 Å². The van der Waals surface area contributed by atoms with Crippen molar-refractivity contribution in [2.24, 2.45) is 0 Å². The second kappa shape index (κ2) is 5.08. The lowest BCUT2D eigenvalue weighted by molar-refractivity contribution is -0.115. The molecular weight excluding hydrogens is 290 g/mol. The zero-order valence-electron chi connectivity index (χ0n) is 11.9. The molecule has 3 N–H and O–H groups in total. The van der Waals surface area contributed by atoms with Gasteiger partial charge in [0.05, 0.1) is 11.3 Å². The van der Waals surface area contributed by atoms with Gasteiger partial charge in [0.1, 0.15) is 0 Å². The second-order valence-corrected chi connectivity index (χ2v) is 7.64. The van der Waals surface area contributed by atoms with Crippen LogP contribution in [0.4, 0.5) is 5.69 Å². The van der Waals surface area contributed by atoms with E-state index in [2.05, 4.69) is 15.4 Å². The third-order valence-corrected chi connectivity index (χ3v) is 5.74. The van der Waals surface area contributed by atoms with Gasteiger partial charge in [-0.3, -0.25) is 4.79 Å². The fourth-order valence-corrected chi connectivity index (χ4v) is 4.35. The van der Waals surface area contributed by atoms with Gasteiger partial charge < -0.3 is 10.6 Å². The normalized spacial score (nSPS) is 20.9. The minimum atomic E-state index is -3.57. The van der Waals surface area contributed by atoms with Gasteiger partial charge >= 0.3 is 0 Å². The molecule has 2 heterocycles. The van der Waals surface area contributed by atoms with Crippen molar-refractivity contribution >= 4 is 21.6 Å². The number of hydrogen-bond donors (Lipinski definition) is 3. The molecule has 0 radical (unpaired) electrons. The van der Waals surface area contributed by atoms with E-state index in [4.69, 9.17) is 0 Å². The molecule has 1 fully saturated rings. The summed E-state index contributed by atoms with van der Waals surface area (Å²) in [5.41, 5.74) is 1.02. The minimum absolute atomic E-state index is 0.0992. The average molecular weight is 309 g/mol. The summed E-state index contributed by atoms with van der Waals surface area (Å²) in [4.78, 5) is 11.6. The van der Waals surface area contributed by atoms with Gasteiger partial charge in [-0.1, -0.05) is 0 Å². The first-order valence-corrected chi connectivity index (χ1v) is 8.54. The number of nitrogens with one attached hydrogen (secondary N) is 3. The molecule has 0 spiro atoms. The Hall–Kier alpha value is -1.44. The Morgan fingerprint density at radius 2 is 1.95 bits per heavy atom. The van der Waals surface area contributed by atoms with Gasteiger partial charge in [0, 0.05) is 11.2 Å². The average Bonchev–Trinajstić information content (AvgIpc) is 2.77. The molecule has 2 aliphatic rings. The highest BCUT2D eigenvalue weighted by Gasteiger charge is 2.32. The Morgan fingerprint density at radius 1 is 1.24 bits per heavy atom. The standard InChI is InChI=1S/C14H19N3O3S/c1-14(4-6-15-7-5-14)17-21(19,20)11-2-3-12-10(8-11)9-13(18)16-12/h2-3,8,15,17H,4-7,9H2,1H3,(H,16,18). The van der Waals surface area contributed by atoms with E-state index in [-0.39, 0.29) is 17.2 Å². The van der Waals surface area contributed by atoms with Crippen molar-refractivity contribution in [1.29, 1.82) is 0 Å². The van der Waals surface area contributed by atoms with Gasteiger partial charge in [-0.15, -0.1) is 0 Å². The Morgan fingerprint density at radius 3 is 2.67 bits per heavy atom. The van der Waals surface area contributed by atoms with E-state index in [0.29, 0.717) is 5.69 Å². The van der Waals surface area contributed by atoms with Crippen LogP contribution in [-0.2, 0) is 21.2 Å². The molecule has 1 amide bonds. The van der Waals surface area contributed by atoms with Crippen LogP contribution in [0.15, 0.2) is 23.1 Å². The third kappa shape index (κ3) is 2.95. The first-order chi connectivity index (χ1) is 9.88. The quantitative estimate of drug-likeness (QED) is 0.763. The third-order valence-electron chi connectivity index (χ3n) is 4.10. The first kappa shape index (κ1) is 14.5. The van der Waals surface area contributed by atoms with Crippen LogP contribution in [0.1, 0.15) is 25.3 Å². The smallest absolute Gasteiger partial charge is 0.241 e. The van der Waals surface area contributed by atoms with Crippen LogP contribution in [0.25, 0.3) is 0 Å². The number of carbonyl (C=O) groups is 1.